The summed E-state index contributed by atoms with van der Waals surface area (Å²) in [5, 5.41) is 8.71. The Morgan fingerprint density at radius 1 is 1.62 bits per heavy atom. The minimum absolute atomic E-state index is 0.536. The quantitative estimate of drug-likeness (QED) is 0.452. The first-order valence-corrected chi connectivity index (χ1v) is 4.80. The highest BCUT2D eigenvalue weighted by Gasteiger charge is 2.02. The molecule has 0 aliphatic rings. The number of nitrogens with two attached hydrogens (primary N) is 1. The third-order valence-corrected chi connectivity index (χ3v) is 2.61. The van der Waals surface area contributed by atoms with Crippen LogP contribution in [0.25, 0.3) is 0 Å². The summed E-state index contributed by atoms with van der Waals surface area (Å²) in [6, 6.07) is 7.50. The number of nitriles is 1. The fourth-order valence-electron chi connectivity index (χ4n) is 0.916. The topological polar surface area (TPSA) is 49.8 Å². The maximum Gasteiger partial charge on any atom is 0.101 e. The van der Waals surface area contributed by atoms with Crippen molar-refractivity contribution in [2.24, 2.45) is 0 Å². The van der Waals surface area contributed by atoms with Crippen molar-refractivity contribution in [3.63, 3.8) is 0 Å². The zero-order valence-electron chi connectivity index (χ0n) is 7.16. The number of nitrogen functional groups attached to an aromatic ring is 1. The van der Waals surface area contributed by atoms with Crippen LogP contribution in [0.1, 0.15) is 5.56 Å². The summed E-state index contributed by atoms with van der Waals surface area (Å²) in [6.45, 7) is 3.62. The van der Waals surface area contributed by atoms with Crippen LogP contribution in [-0.2, 0) is 0 Å². The number of benzene rings is 1. The molecule has 1 aromatic carbocycles. The third kappa shape index (κ3) is 2.27. The summed E-state index contributed by atoms with van der Waals surface area (Å²) in [5.74, 6) is 0.805. The second kappa shape index (κ2) is 4.58. The first kappa shape index (κ1) is 9.69. The third-order valence-electron chi connectivity index (χ3n) is 1.54. The molecule has 0 spiro atoms. The van der Waals surface area contributed by atoms with E-state index in [1.165, 1.54) is 0 Å². The lowest BCUT2D eigenvalue weighted by molar-refractivity contribution is 1.40. The fraction of sp³-hybridized carbons (Fsp3) is 0.100. The summed E-state index contributed by atoms with van der Waals surface area (Å²) in [7, 11) is 0. The molecule has 0 bridgehead atoms. The molecule has 0 radical (unpaired) electrons. The molecule has 0 aromatic heterocycles. The van der Waals surface area contributed by atoms with Gasteiger partial charge in [0.05, 0.1) is 11.3 Å². The molecule has 66 valence electrons. The van der Waals surface area contributed by atoms with Crippen LogP contribution >= 0.6 is 11.8 Å². The van der Waals surface area contributed by atoms with Crippen molar-refractivity contribution in [3.05, 3.63) is 36.4 Å². The highest BCUT2D eigenvalue weighted by atomic mass is 32.2. The molecule has 0 aliphatic heterocycles. The van der Waals surface area contributed by atoms with Crippen molar-refractivity contribution in [2.45, 2.75) is 4.90 Å². The van der Waals surface area contributed by atoms with Crippen LogP contribution in [0.2, 0.25) is 0 Å². The van der Waals surface area contributed by atoms with E-state index in [4.69, 9.17) is 11.0 Å². The van der Waals surface area contributed by atoms with E-state index in [-0.39, 0.29) is 0 Å². The van der Waals surface area contributed by atoms with Crippen LogP contribution < -0.4 is 5.73 Å². The second-order valence-electron chi connectivity index (χ2n) is 2.43. The lowest BCUT2D eigenvalue weighted by atomic mass is 10.2. The molecule has 3 heteroatoms. The zero-order valence-corrected chi connectivity index (χ0v) is 7.97. The molecule has 2 nitrogen and oxygen atoms in total. The second-order valence-corrected chi connectivity index (χ2v) is 3.49. The summed E-state index contributed by atoms with van der Waals surface area (Å²) in [4.78, 5) is 0.943. The van der Waals surface area contributed by atoms with Crippen molar-refractivity contribution in [1.29, 1.82) is 5.26 Å². The number of thioether (sulfide) groups is 1. The molecule has 0 fully saturated rings. The Kier molecular flexibility index (Phi) is 3.41. The summed E-state index contributed by atoms with van der Waals surface area (Å²) < 4.78 is 0. The van der Waals surface area contributed by atoms with E-state index in [1.807, 2.05) is 24.3 Å². The van der Waals surface area contributed by atoms with Gasteiger partial charge in [-0.2, -0.15) is 5.26 Å². The normalized spacial score (nSPS) is 9.15. The maximum atomic E-state index is 8.71. The SMILES string of the molecule is C=CCSc1cccc(C#N)c1N. The van der Waals surface area contributed by atoms with Crippen LogP contribution in [-0.4, -0.2) is 5.75 Å². The number of nitrogens with zero attached hydrogens (tertiary/aromatic N) is 1. The highest BCUT2D eigenvalue weighted by Crippen LogP contribution is 2.27. The van der Waals surface area contributed by atoms with Crippen molar-refractivity contribution in [3.8, 4) is 6.07 Å². The van der Waals surface area contributed by atoms with Crippen LogP contribution in [0.4, 0.5) is 5.69 Å². The van der Waals surface area contributed by atoms with Gasteiger partial charge in [-0.3, -0.25) is 0 Å². The molecule has 0 saturated heterocycles. The molecule has 0 unspecified atom stereocenters. The molecule has 2 N–H and O–H groups in total. The predicted molar refractivity (Wildman–Crippen MR) is 56.5 cm³/mol. The standard InChI is InChI=1S/C10H10N2S/c1-2-6-13-9-5-3-4-8(7-11)10(9)12/h2-5H,1,6,12H2. The first-order valence-electron chi connectivity index (χ1n) is 3.82. The Balaban J connectivity index is 2.95. The lowest BCUT2D eigenvalue weighted by Gasteiger charge is -2.03. The molecule has 1 aromatic rings. The van der Waals surface area contributed by atoms with Crippen molar-refractivity contribution >= 4 is 17.4 Å². The fourth-order valence-corrected chi connectivity index (χ4v) is 1.65. The molecule has 13 heavy (non-hydrogen) atoms. The van der Waals surface area contributed by atoms with E-state index < -0.39 is 0 Å². The molecule has 0 amide bonds. The van der Waals surface area contributed by atoms with Gasteiger partial charge >= 0.3 is 0 Å². The number of para-hydroxylation sites is 1. The van der Waals surface area contributed by atoms with Gasteiger partial charge < -0.3 is 5.73 Å². The number of hydrogen-bond acceptors (Lipinski definition) is 3. The van der Waals surface area contributed by atoms with E-state index in [1.54, 1.807) is 17.8 Å². The van der Waals surface area contributed by atoms with Gasteiger partial charge in [0, 0.05) is 10.6 Å². The summed E-state index contributed by atoms with van der Waals surface area (Å²) >= 11 is 1.58. The largest absolute Gasteiger partial charge is 0.397 e. The van der Waals surface area contributed by atoms with Crippen LogP contribution in [0.3, 0.4) is 0 Å². The van der Waals surface area contributed by atoms with Crippen LogP contribution in [0.5, 0.6) is 0 Å². The van der Waals surface area contributed by atoms with Gasteiger partial charge in [-0.25, -0.2) is 0 Å². The molecule has 0 aliphatic carbocycles. The van der Waals surface area contributed by atoms with Gasteiger partial charge in [-0.15, -0.1) is 18.3 Å². The van der Waals surface area contributed by atoms with Gasteiger partial charge in [0.2, 0.25) is 0 Å². The highest BCUT2D eigenvalue weighted by molar-refractivity contribution is 7.99. The minimum atomic E-state index is 0.536. The predicted octanol–water partition coefficient (Wildman–Crippen LogP) is 2.42. The number of rotatable bonds is 3. The Morgan fingerprint density at radius 2 is 2.38 bits per heavy atom. The molecule has 0 heterocycles. The molecular weight excluding hydrogens is 180 g/mol. The van der Waals surface area contributed by atoms with E-state index >= 15 is 0 Å². The van der Waals surface area contributed by atoms with E-state index in [2.05, 4.69) is 6.58 Å². The molecule has 0 atom stereocenters. The van der Waals surface area contributed by atoms with Gasteiger partial charge in [0.1, 0.15) is 6.07 Å². The van der Waals surface area contributed by atoms with Crippen molar-refractivity contribution in [2.75, 3.05) is 11.5 Å². The van der Waals surface area contributed by atoms with Gasteiger partial charge in [-0.05, 0) is 12.1 Å². The zero-order chi connectivity index (χ0) is 9.68. The number of hydrogen-bond donors (Lipinski definition) is 1. The average molecular weight is 190 g/mol. The average Bonchev–Trinajstić information content (AvgIpc) is 2.16. The maximum absolute atomic E-state index is 8.71. The Labute approximate surface area is 82.1 Å². The van der Waals surface area contributed by atoms with Crippen LogP contribution in [0.15, 0.2) is 35.7 Å². The first-order chi connectivity index (χ1) is 6.29. The minimum Gasteiger partial charge on any atom is -0.397 e. The van der Waals surface area contributed by atoms with E-state index in [0.717, 1.165) is 10.6 Å². The lowest BCUT2D eigenvalue weighted by Crippen LogP contribution is -1.92. The van der Waals surface area contributed by atoms with Crippen molar-refractivity contribution < 1.29 is 0 Å². The smallest absolute Gasteiger partial charge is 0.101 e. The van der Waals surface area contributed by atoms with E-state index in [0.29, 0.717) is 11.3 Å². The van der Waals surface area contributed by atoms with Crippen molar-refractivity contribution in [1.82, 2.24) is 0 Å². The molecule has 0 saturated carbocycles. The van der Waals surface area contributed by atoms with Gasteiger partial charge in [0.15, 0.2) is 0 Å². The Hall–Kier alpha value is -1.40. The molecule has 1 rings (SSSR count). The van der Waals surface area contributed by atoms with Gasteiger partial charge in [-0.1, -0.05) is 12.1 Å². The summed E-state index contributed by atoms with van der Waals surface area (Å²) in [5.41, 5.74) is 6.86. The Morgan fingerprint density at radius 3 is 3.00 bits per heavy atom. The Bertz CT molecular complexity index is 352. The monoisotopic (exact) mass is 190 g/mol. The van der Waals surface area contributed by atoms with Gasteiger partial charge in [0.25, 0.3) is 0 Å². The summed E-state index contributed by atoms with van der Waals surface area (Å²) in [6.07, 6.45) is 1.81. The molecular formula is C10H10N2S. The van der Waals surface area contributed by atoms with E-state index in [9.17, 15) is 0 Å². The van der Waals surface area contributed by atoms with Crippen LogP contribution in [0, 0.1) is 11.3 Å². The number of anilines is 1.